The molecule has 0 saturated carbocycles. The van der Waals surface area contributed by atoms with Gasteiger partial charge >= 0.3 is 0 Å². The van der Waals surface area contributed by atoms with Crippen molar-refractivity contribution in [3.8, 4) is 0 Å². The number of sulfone groups is 1. The molecule has 18 heavy (non-hydrogen) atoms. The summed E-state index contributed by atoms with van der Waals surface area (Å²) in [5.41, 5.74) is 1.08. The number of nitrogens with one attached hydrogen (secondary N) is 1. The molecular weight excluding hydrogens is 250 g/mol. The van der Waals surface area contributed by atoms with Crippen LogP contribution in [-0.2, 0) is 16.4 Å². The minimum Gasteiger partial charge on any atom is -0.358 e. The maximum atomic E-state index is 11.2. The van der Waals surface area contributed by atoms with Crippen molar-refractivity contribution in [2.75, 3.05) is 37.0 Å². The van der Waals surface area contributed by atoms with Crippen LogP contribution in [0.5, 0.6) is 0 Å². The Labute approximate surface area is 109 Å². The lowest BCUT2D eigenvalue weighted by Crippen LogP contribution is -2.27. The van der Waals surface area contributed by atoms with Gasteiger partial charge in [-0.15, -0.1) is 0 Å². The number of aromatic nitrogens is 1. The molecule has 1 rings (SSSR count). The summed E-state index contributed by atoms with van der Waals surface area (Å²) < 4.78 is 22.3. The summed E-state index contributed by atoms with van der Waals surface area (Å²) in [6.45, 7) is 4.13. The molecule has 0 bridgehead atoms. The molecule has 0 aromatic carbocycles. The van der Waals surface area contributed by atoms with Gasteiger partial charge in [-0.1, -0.05) is 13.0 Å². The van der Waals surface area contributed by atoms with Crippen molar-refractivity contribution >= 4 is 15.7 Å². The van der Waals surface area contributed by atoms with Gasteiger partial charge in [-0.25, -0.2) is 13.4 Å². The topological polar surface area (TPSA) is 62.3 Å². The van der Waals surface area contributed by atoms with Crippen LogP contribution in [0.3, 0.4) is 0 Å². The number of nitrogens with zero attached hydrogens (tertiary/aromatic N) is 2. The van der Waals surface area contributed by atoms with Gasteiger partial charge in [-0.3, -0.25) is 0 Å². The number of hydrogen-bond acceptors (Lipinski definition) is 5. The summed E-state index contributed by atoms with van der Waals surface area (Å²) in [4.78, 5) is 6.21. The van der Waals surface area contributed by atoms with Crippen LogP contribution in [0.15, 0.2) is 18.3 Å². The van der Waals surface area contributed by atoms with Crippen LogP contribution >= 0.6 is 0 Å². The predicted octanol–water partition coefficient (Wildman–Crippen LogP) is 0.672. The Hall–Kier alpha value is -1.14. The quantitative estimate of drug-likeness (QED) is 0.790. The van der Waals surface area contributed by atoms with Gasteiger partial charge in [-0.2, -0.15) is 0 Å². The fourth-order valence-electron chi connectivity index (χ4n) is 1.58. The zero-order valence-electron chi connectivity index (χ0n) is 11.2. The number of pyridine rings is 1. The molecule has 1 N–H and O–H groups in total. The Balaban J connectivity index is 2.74. The molecule has 102 valence electrons. The second-order valence-corrected chi connectivity index (χ2v) is 6.58. The maximum absolute atomic E-state index is 11.2. The zero-order valence-corrected chi connectivity index (χ0v) is 12.0. The van der Waals surface area contributed by atoms with Gasteiger partial charge in [0, 0.05) is 38.2 Å². The summed E-state index contributed by atoms with van der Waals surface area (Å²) >= 11 is 0. The standard InChI is InChI=1S/C12H21N3O2S/c1-4-13-10-11-6-5-7-14-12(11)15(2)8-9-18(3,16)17/h5-7,13H,4,8-10H2,1-3H3. The molecule has 0 unspecified atom stereocenters. The van der Waals surface area contributed by atoms with Gasteiger partial charge in [0.05, 0.1) is 5.75 Å². The molecule has 5 nitrogen and oxygen atoms in total. The second kappa shape index (κ2) is 6.70. The van der Waals surface area contributed by atoms with Crippen molar-refractivity contribution in [3.63, 3.8) is 0 Å². The molecule has 0 amide bonds. The molecule has 0 spiro atoms. The van der Waals surface area contributed by atoms with E-state index in [1.54, 1.807) is 6.20 Å². The third-order valence-electron chi connectivity index (χ3n) is 2.59. The Morgan fingerprint density at radius 2 is 2.17 bits per heavy atom. The van der Waals surface area contributed by atoms with Gasteiger partial charge in [0.25, 0.3) is 0 Å². The summed E-state index contributed by atoms with van der Waals surface area (Å²) in [5.74, 6) is 0.975. The Bertz CT molecular complexity index is 474. The highest BCUT2D eigenvalue weighted by Gasteiger charge is 2.10. The lowest BCUT2D eigenvalue weighted by molar-refractivity contribution is 0.601. The van der Waals surface area contributed by atoms with Crippen molar-refractivity contribution in [2.45, 2.75) is 13.5 Å². The minimum atomic E-state index is -2.94. The highest BCUT2D eigenvalue weighted by molar-refractivity contribution is 7.90. The summed E-state index contributed by atoms with van der Waals surface area (Å²) in [7, 11) is -1.08. The van der Waals surface area contributed by atoms with Gasteiger partial charge in [0.15, 0.2) is 0 Å². The second-order valence-electron chi connectivity index (χ2n) is 4.32. The van der Waals surface area contributed by atoms with E-state index in [0.717, 1.165) is 24.5 Å². The zero-order chi connectivity index (χ0) is 13.6. The Kier molecular flexibility index (Phi) is 5.55. The van der Waals surface area contributed by atoms with Crippen LogP contribution in [0, 0.1) is 0 Å². The van der Waals surface area contributed by atoms with E-state index in [9.17, 15) is 8.42 Å². The molecule has 1 aromatic heterocycles. The lowest BCUT2D eigenvalue weighted by Gasteiger charge is -2.20. The van der Waals surface area contributed by atoms with E-state index < -0.39 is 9.84 Å². The first-order chi connectivity index (χ1) is 8.44. The maximum Gasteiger partial charge on any atom is 0.149 e. The van der Waals surface area contributed by atoms with E-state index in [2.05, 4.69) is 10.3 Å². The summed E-state index contributed by atoms with van der Waals surface area (Å²) in [5, 5.41) is 3.25. The molecule has 0 saturated heterocycles. The first kappa shape index (κ1) is 14.9. The van der Waals surface area contributed by atoms with Gasteiger partial charge < -0.3 is 10.2 Å². The van der Waals surface area contributed by atoms with Gasteiger partial charge in [0.1, 0.15) is 15.7 Å². The number of rotatable bonds is 7. The Morgan fingerprint density at radius 1 is 1.44 bits per heavy atom. The lowest BCUT2D eigenvalue weighted by atomic mass is 10.2. The highest BCUT2D eigenvalue weighted by Crippen LogP contribution is 2.15. The minimum absolute atomic E-state index is 0.140. The highest BCUT2D eigenvalue weighted by atomic mass is 32.2. The summed E-state index contributed by atoms with van der Waals surface area (Å²) in [6.07, 6.45) is 2.97. The largest absolute Gasteiger partial charge is 0.358 e. The fourth-order valence-corrected chi connectivity index (χ4v) is 2.19. The number of hydrogen-bond donors (Lipinski definition) is 1. The molecule has 0 aliphatic rings. The van der Waals surface area contributed by atoms with Crippen LogP contribution in [0.1, 0.15) is 12.5 Å². The average Bonchev–Trinajstić information content (AvgIpc) is 2.33. The van der Waals surface area contributed by atoms with Gasteiger partial charge in [0.2, 0.25) is 0 Å². The molecular formula is C12H21N3O2S. The predicted molar refractivity (Wildman–Crippen MR) is 74.6 cm³/mol. The number of anilines is 1. The Morgan fingerprint density at radius 3 is 2.78 bits per heavy atom. The third kappa shape index (κ3) is 5.01. The first-order valence-electron chi connectivity index (χ1n) is 5.97. The smallest absolute Gasteiger partial charge is 0.149 e. The molecule has 1 aromatic rings. The van der Waals surface area contributed by atoms with Crippen LogP contribution in [-0.4, -0.2) is 45.5 Å². The molecule has 0 fully saturated rings. The molecule has 0 aliphatic heterocycles. The van der Waals surface area contributed by atoms with Crippen molar-refractivity contribution in [1.29, 1.82) is 0 Å². The monoisotopic (exact) mass is 271 g/mol. The molecule has 0 atom stereocenters. The fraction of sp³-hybridized carbons (Fsp3) is 0.583. The van der Waals surface area contributed by atoms with E-state index in [-0.39, 0.29) is 5.75 Å². The van der Waals surface area contributed by atoms with Crippen molar-refractivity contribution < 1.29 is 8.42 Å². The average molecular weight is 271 g/mol. The van der Waals surface area contributed by atoms with Gasteiger partial charge in [-0.05, 0) is 12.6 Å². The third-order valence-corrected chi connectivity index (χ3v) is 3.52. The van der Waals surface area contributed by atoms with Crippen LogP contribution in [0.25, 0.3) is 0 Å². The van der Waals surface area contributed by atoms with Crippen LogP contribution in [0.4, 0.5) is 5.82 Å². The van der Waals surface area contributed by atoms with E-state index in [1.165, 1.54) is 6.26 Å². The molecule has 6 heteroatoms. The van der Waals surface area contributed by atoms with Crippen LogP contribution < -0.4 is 10.2 Å². The van der Waals surface area contributed by atoms with E-state index in [1.807, 2.05) is 31.0 Å². The van der Waals surface area contributed by atoms with Crippen molar-refractivity contribution in [2.24, 2.45) is 0 Å². The van der Waals surface area contributed by atoms with Crippen molar-refractivity contribution in [3.05, 3.63) is 23.9 Å². The van der Waals surface area contributed by atoms with E-state index in [4.69, 9.17) is 0 Å². The molecule has 1 heterocycles. The summed E-state index contributed by atoms with van der Waals surface area (Å²) in [6, 6.07) is 3.89. The van der Waals surface area contributed by atoms with Crippen molar-refractivity contribution in [1.82, 2.24) is 10.3 Å². The first-order valence-corrected chi connectivity index (χ1v) is 8.03. The van der Waals surface area contributed by atoms with E-state index in [0.29, 0.717) is 6.54 Å². The van der Waals surface area contributed by atoms with E-state index >= 15 is 0 Å². The van der Waals surface area contributed by atoms with Crippen LogP contribution in [0.2, 0.25) is 0 Å². The molecule has 0 aliphatic carbocycles. The molecule has 0 radical (unpaired) electrons. The normalized spacial score (nSPS) is 11.5. The SMILES string of the molecule is CCNCc1cccnc1N(C)CCS(C)(=O)=O.